The van der Waals surface area contributed by atoms with Gasteiger partial charge in [0.1, 0.15) is 0 Å². The van der Waals surface area contributed by atoms with Gasteiger partial charge < -0.3 is 9.62 Å². The molecule has 0 aliphatic rings. The largest absolute Gasteiger partial charge is 0.324 e. The number of allylic oxidation sites excluding steroid dienone is 5. The van der Waals surface area contributed by atoms with Gasteiger partial charge in [-0.1, -0.05) is 43.0 Å². The van der Waals surface area contributed by atoms with Gasteiger partial charge in [-0.3, -0.25) is 0 Å². The Morgan fingerprint density at radius 1 is 1.29 bits per heavy atom. The minimum Gasteiger partial charge on any atom is -0.324 e. The molecule has 1 N–H and O–H groups in total. The fourth-order valence-electron chi connectivity index (χ4n) is 2.15. The molecule has 2 rings (SSSR count). The highest BCUT2D eigenvalue weighted by Crippen LogP contribution is 2.27. The van der Waals surface area contributed by atoms with Crippen LogP contribution >= 0.6 is 23.5 Å². The fraction of sp³-hybridized carbons (Fsp3) is 0.211. The lowest BCUT2D eigenvalue weighted by atomic mass is 10.2. The van der Waals surface area contributed by atoms with Crippen molar-refractivity contribution < 1.29 is 0 Å². The van der Waals surface area contributed by atoms with Gasteiger partial charge in [0.15, 0.2) is 0 Å². The Kier molecular flexibility index (Phi) is 7.37. The summed E-state index contributed by atoms with van der Waals surface area (Å²) in [7, 11) is 4.08. The normalized spacial score (nSPS) is 12.2. The van der Waals surface area contributed by atoms with E-state index in [1.165, 1.54) is 11.9 Å². The number of halogens is 1. The van der Waals surface area contributed by atoms with Crippen molar-refractivity contribution in [1.82, 2.24) is 9.88 Å². The van der Waals surface area contributed by atoms with Crippen LogP contribution in [0.15, 0.2) is 66.1 Å². The highest BCUT2D eigenvalue weighted by Gasteiger charge is 2.06. The highest BCUT2D eigenvalue weighted by atomic mass is 35.5. The molecular weight excluding hydrogens is 338 g/mol. The van der Waals surface area contributed by atoms with E-state index in [9.17, 15) is 0 Å². The van der Waals surface area contributed by atoms with Crippen molar-refractivity contribution in [3.63, 3.8) is 0 Å². The lowest BCUT2D eigenvalue weighted by Gasteiger charge is -2.12. The van der Waals surface area contributed by atoms with Gasteiger partial charge in [-0.25, -0.2) is 4.98 Å². The molecule has 0 atom stereocenters. The summed E-state index contributed by atoms with van der Waals surface area (Å²) in [6.07, 6.45) is 7.51. The average Bonchev–Trinajstić information content (AvgIpc) is 2.57. The standard InChI is InChI=1S/C19H22ClN3S/c1-4-5-6-9-17(13-20)24-22-18-10-7-8-15-11-12-16(14-23(2)3)21-19(15)18/h4-12,22H,1,13-14H2,2-3H3/b6-5-,17-9+. The molecular formula is C19H22ClN3S. The zero-order valence-electron chi connectivity index (χ0n) is 14.0. The molecule has 0 spiro atoms. The third-order valence-corrected chi connectivity index (χ3v) is 4.52. The Bertz CT molecular complexity index is 753. The molecule has 0 unspecified atom stereocenters. The van der Waals surface area contributed by atoms with Crippen LogP contribution in [0.25, 0.3) is 10.9 Å². The maximum Gasteiger partial charge on any atom is 0.0945 e. The highest BCUT2D eigenvalue weighted by molar-refractivity contribution is 8.04. The lowest BCUT2D eigenvalue weighted by Crippen LogP contribution is -2.11. The van der Waals surface area contributed by atoms with Gasteiger partial charge in [0.2, 0.25) is 0 Å². The Balaban J connectivity index is 2.22. The number of hydrogen-bond acceptors (Lipinski definition) is 4. The fourth-order valence-corrected chi connectivity index (χ4v) is 3.01. The molecule has 5 heteroatoms. The second-order valence-corrected chi connectivity index (χ2v) is 6.71. The van der Waals surface area contributed by atoms with Crippen molar-refractivity contribution in [1.29, 1.82) is 0 Å². The summed E-state index contributed by atoms with van der Waals surface area (Å²) < 4.78 is 3.37. The van der Waals surface area contributed by atoms with Crippen LogP contribution in [0.5, 0.6) is 0 Å². The number of anilines is 1. The summed E-state index contributed by atoms with van der Waals surface area (Å²) in [5.41, 5.74) is 3.01. The van der Waals surface area contributed by atoms with E-state index < -0.39 is 0 Å². The number of hydrogen-bond donors (Lipinski definition) is 1. The van der Waals surface area contributed by atoms with Crippen molar-refractivity contribution >= 4 is 40.1 Å². The second-order valence-electron chi connectivity index (χ2n) is 5.51. The van der Waals surface area contributed by atoms with E-state index in [2.05, 4.69) is 34.4 Å². The van der Waals surface area contributed by atoms with E-state index in [1.807, 2.05) is 44.5 Å². The lowest BCUT2D eigenvalue weighted by molar-refractivity contribution is 0.397. The molecule has 2 aromatic rings. The summed E-state index contributed by atoms with van der Waals surface area (Å²) >= 11 is 7.51. The van der Waals surface area contributed by atoms with E-state index in [-0.39, 0.29) is 0 Å². The zero-order valence-corrected chi connectivity index (χ0v) is 15.6. The zero-order chi connectivity index (χ0) is 17.4. The number of aromatic nitrogens is 1. The number of pyridine rings is 1. The van der Waals surface area contributed by atoms with E-state index in [4.69, 9.17) is 16.6 Å². The summed E-state index contributed by atoms with van der Waals surface area (Å²) in [5, 5.41) is 1.12. The third-order valence-electron chi connectivity index (χ3n) is 3.21. The van der Waals surface area contributed by atoms with Crippen molar-refractivity contribution in [2.75, 3.05) is 24.7 Å². The monoisotopic (exact) mass is 359 g/mol. The van der Waals surface area contributed by atoms with Crippen LogP contribution in [0.3, 0.4) is 0 Å². The molecule has 0 radical (unpaired) electrons. The van der Waals surface area contributed by atoms with E-state index in [0.717, 1.165) is 33.7 Å². The summed E-state index contributed by atoms with van der Waals surface area (Å²) in [5.74, 6) is 0.448. The van der Waals surface area contributed by atoms with Crippen LogP contribution in [0.2, 0.25) is 0 Å². The first kappa shape index (κ1) is 18.6. The molecule has 24 heavy (non-hydrogen) atoms. The Morgan fingerprint density at radius 3 is 2.83 bits per heavy atom. The topological polar surface area (TPSA) is 28.2 Å². The van der Waals surface area contributed by atoms with Gasteiger partial charge in [0, 0.05) is 16.8 Å². The number of fused-ring (bicyclic) bond motifs is 1. The molecule has 0 aliphatic carbocycles. The predicted molar refractivity (Wildman–Crippen MR) is 108 cm³/mol. The number of nitrogens with one attached hydrogen (secondary N) is 1. The molecule has 1 heterocycles. The molecule has 1 aromatic heterocycles. The number of nitrogens with zero attached hydrogens (tertiary/aromatic N) is 2. The molecule has 3 nitrogen and oxygen atoms in total. The van der Waals surface area contributed by atoms with Crippen LogP contribution in [0, 0.1) is 0 Å². The van der Waals surface area contributed by atoms with Crippen LogP contribution in [0.4, 0.5) is 5.69 Å². The predicted octanol–water partition coefficient (Wildman–Crippen LogP) is 5.22. The summed E-state index contributed by atoms with van der Waals surface area (Å²) in [6, 6.07) is 10.3. The molecule has 1 aromatic carbocycles. The van der Waals surface area contributed by atoms with Crippen LogP contribution in [-0.4, -0.2) is 29.9 Å². The molecule has 126 valence electrons. The van der Waals surface area contributed by atoms with Crippen LogP contribution < -0.4 is 4.72 Å². The molecule has 0 fully saturated rings. The average molecular weight is 360 g/mol. The molecule has 0 amide bonds. The maximum absolute atomic E-state index is 6.00. The molecule has 0 saturated heterocycles. The number of rotatable bonds is 8. The summed E-state index contributed by atoms with van der Waals surface area (Å²) in [6.45, 7) is 4.47. The molecule has 0 aliphatic heterocycles. The molecule has 0 saturated carbocycles. The Labute approximate surface area is 153 Å². The first-order chi connectivity index (χ1) is 11.6. The van der Waals surface area contributed by atoms with E-state index >= 15 is 0 Å². The summed E-state index contributed by atoms with van der Waals surface area (Å²) in [4.78, 5) is 7.93. The van der Waals surface area contributed by atoms with E-state index in [1.54, 1.807) is 6.08 Å². The van der Waals surface area contributed by atoms with Crippen molar-refractivity contribution in [3.8, 4) is 0 Å². The SMILES string of the molecule is C=C/C=C\C=C(/CCl)SNc1cccc2ccc(CN(C)C)nc12. The number of benzene rings is 1. The van der Waals surface area contributed by atoms with Crippen LogP contribution in [-0.2, 0) is 6.54 Å². The smallest absolute Gasteiger partial charge is 0.0945 e. The molecule has 0 bridgehead atoms. The third kappa shape index (κ3) is 5.41. The Morgan fingerprint density at radius 2 is 2.12 bits per heavy atom. The first-order valence-electron chi connectivity index (χ1n) is 7.64. The van der Waals surface area contributed by atoms with E-state index in [0.29, 0.717) is 5.88 Å². The van der Waals surface area contributed by atoms with Crippen molar-refractivity contribution in [2.45, 2.75) is 6.54 Å². The minimum atomic E-state index is 0.448. The number of alkyl halides is 1. The second kappa shape index (κ2) is 9.52. The van der Waals surface area contributed by atoms with Gasteiger partial charge in [0.25, 0.3) is 0 Å². The first-order valence-corrected chi connectivity index (χ1v) is 8.99. The van der Waals surface area contributed by atoms with Crippen molar-refractivity contribution in [2.24, 2.45) is 0 Å². The van der Waals surface area contributed by atoms with Gasteiger partial charge in [0.05, 0.1) is 22.8 Å². The number of para-hydroxylation sites is 1. The van der Waals surface area contributed by atoms with Gasteiger partial charge in [-0.2, -0.15) is 0 Å². The van der Waals surface area contributed by atoms with Gasteiger partial charge in [-0.05, 0) is 44.3 Å². The minimum absolute atomic E-state index is 0.448. The van der Waals surface area contributed by atoms with Crippen LogP contribution in [0.1, 0.15) is 5.69 Å². The maximum atomic E-state index is 6.00. The van der Waals surface area contributed by atoms with Crippen molar-refractivity contribution in [3.05, 3.63) is 71.8 Å². The van der Waals surface area contributed by atoms with Gasteiger partial charge >= 0.3 is 0 Å². The Hall–Kier alpha value is -1.75. The van der Waals surface area contributed by atoms with Gasteiger partial charge in [-0.15, -0.1) is 11.6 Å². The quantitative estimate of drug-likeness (QED) is 0.397.